The highest BCUT2D eigenvalue weighted by molar-refractivity contribution is 5.44. The number of likely N-dealkylation sites (N-methyl/N-ethyl adjacent to an activating group) is 1. The molecule has 3 heterocycles. The van der Waals surface area contributed by atoms with Crippen molar-refractivity contribution in [3.63, 3.8) is 0 Å². The lowest BCUT2D eigenvalue weighted by Gasteiger charge is -2.28. The van der Waals surface area contributed by atoms with Gasteiger partial charge in [-0.15, -0.1) is 0 Å². The molecule has 0 bridgehead atoms. The minimum Gasteiger partial charge on any atom is -0.468 e. The van der Waals surface area contributed by atoms with Crippen molar-refractivity contribution in [2.24, 2.45) is 7.05 Å². The Morgan fingerprint density at radius 1 is 1.13 bits per heavy atom. The Bertz CT molecular complexity index is 724. The molecule has 0 spiro atoms. The maximum absolute atomic E-state index is 5.69. The molecule has 3 aromatic rings. The van der Waals surface area contributed by atoms with E-state index in [4.69, 9.17) is 4.42 Å². The van der Waals surface area contributed by atoms with Crippen molar-refractivity contribution in [2.45, 2.75) is 26.4 Å². The monoisotopic (exact) mass is 313 g/mol. The largest absolute Gasteiger partial charge is 0.468 e. The lowest BCUT2D eigenvalue weighted by atomic mass is 10.2. The van der Waals surface area contributed by atoms with Crippen molar-refractivity contribution >= 4 is 0 Å². The molecule has 6 heteroatoms. The fourth-order valence-corrected chi connectivity index (χ4v) is 2.96. The quantitative estimate of drug-likeness (QED) is 0.673. The van der Waals surface area contributed by atoms with Gasteiger partial charge in [0.15, 0.2) is 11.6 Å². The molecular formula is C17H23N5O. The molecule has 6 nitrogen and oxygen atoms in total. The summed E-state index contributed by atoms with van der Waals surface area (Å²) in [5.74, 6) is 2.72. The number of nitrogens with zero attached hydrogens (tertiary/aromatic N) is 5. The summed E-state index contributed by atoms with van der Waals surface area (Å²) in [6, 6.07) is 4.16. The Kier molecular flexibility index (Phi) is 4.62. The van der Waals surface area contributed by atoms with E-state index in [0.29, 0.717) is 0 Å². The first-order valence-corrected chi connectivity index (χ1v) is 8.00. The van der Waals surface area contributed by atoms with Crippen LogP contribution in [0.3, 0.4) is 0 Å². The molecule has 0 aliphatic carbocycles. The van der Waals surface area contributed by atoms with Crippen LogP contribution < -0.4 is 0 Å². The summed E-state index contributed by atoms with van der Waals surface area (Å²) in [5, 5.41) is 0. The van der Waals surface area contributed by atoms with Gasteiger partial charge in [-0.2, -0.15) is 0 Å². The van der Waals surface area contributed by atoms with E-state index in [9.17, 15) is 0 Å². The van der Waals surface area contributed by atoms with Crippen LogP contribution in [0.15, 0.2) is 47.6 Å². The normalized spacial score (nSPS) is 12.9. The highest BCUT2D eigenvalue weighted by Gasteiger charge is 2.23. The first kappa shape index (κ1) is 15.6. The topological polar surface area (TPSA) is 52.0 Å². The van der Waals surface area contributed by atoms with E-state index in [0.717, 1.165) is 37.0 Å². The van der Waals surface area contributed by atoms with Crippen molar-refractivity contribution in [3.05, 3.63) is 48.9 Å². The van der Waals surface area contributed by atoms with Gasteiger partial charge in [0.25, 0.3) is 0 Å². The van der Waals surface area contributed by atoms with E-state index in [-0.39, 0.29) is 6.04 Å². The van der Waals surface area contributed by atoms with Crippen LogP contribution in [0, 0.1) is 0 Å². The van der Waals surface area contributed by atoms with Crippen LogP contribution in [-0.2, 0) is 13.6 Å². The van der Waals surface area contributed by atoms with E-state index in [1.54, 1.807) is 12.5 Å². The van der Waals surface area contributed by atoms with Crippen molar-refractivity contribution in [2.75, 3.05) is 13.1 Å². The van der Waals surface area contributed by atoms with Gasteiger partial charge in [0.05, 0.1) is 12.3 Å². The van der Waals surface area contributed by atoms with E-state index in [1.165, 1.54) is 0 Å². The molecule has 0 amide bonds. The molecule has 23 heavy (non-hydrogen) atoms. The number of hydrogen-bond donors (Lipinski definition) is 0. The maximum atomic E-state index is 5.69. The fraction of sp³-hybridized carbons (Fsp3) is 0.412. The van der Waals surface area contributed by atoms with Gasteiger partial charge in [-0.05, 0) is 25.2 Å². The minimum atomic E-state index is 0.174. The molecule has 3 rings (SSSR count). The molecule has 0 N–H and O–H groups in total. The molecular weight excluding hydrogens is 290 g/mol. The zero-order valence-corrected chi connectivity index (χ0v) is 13.9. The van der Waals surface area contributed by atoms with Gasteiger partial charge in [-0.1, -0.05) is 13.8 Å². The van der Waals surface area contributed by atoms with Gasteiger partial charge in [-0.25, -0.2) is 9.97 Å². The van der Waals surface area contributed by atoms with Crippen molar-refractivity contribution < 1.29 is 4.42 Å². The first-order valence-electron chi connectivity index (χ1n) is 8.00. The molecule has 0 aromatic carbocycles. The second-order valence-corrected chi connectivity index (χ2v) is 5.52. The Balaban J connectivity index is 1.93. The number of rotatable bonds is 7. The maximum Gasteiger partial charge on any atom is 0.176 e. The summed E-state index contributed by atoms with van der Waals surface area (Å²) < 4.78 is 9.82. The zero-order valence-electron chi connectivity index (χ0n) is 13.9. The zero-order chi connectivity index (χ0) is 16.2. The van der Waals surface area contributed by atoms with Gasteiger partial charge in [-0.3, -0.25) is 4.90 Å². The number of hydrogen-bond acceptors (Lipinski definition) is 4. The minimum absolute atomic E-state index is 0.174. The second kappa shape index (κ2) is 6.83. The lowest BCUT2D eigenvalue weighted by Crippen LogP contribution is -2.31. The summed E-state index contributed by atoms with van der Waals surface area (Å²) in [4.78, 5) is 11.3. The van der Waals surface area contributed by atoms with E-state index in [1.807, 2.05) is 42.3 Å². The van der Waals surface area contributed by atoms with Gasteiger partial charge in [0.2, 0.25) is 0 Å². The molecule has 0 unspecified atom stereocenters. The fourth-order valence-electron chi connectivity index (χ4n) is 2.96. The number of furan rings is 1. The average molecular weight is 313 g/mol. The van der Waals surface area contributed by atoms with E-state index in [2.05, 4.69) is 33.3 Å². The third kappa shape index (κ3) is 3.07. The smallest absolute Gasteiger partial charge is 0.176 e. The van der Waals surface area contributed by atoms with E-state index >= 15 is 0 Å². The van der Waals surface area contributed by atoms with Crippen LogP contribution in [0.25, 0.3) is 11.6 Å². The third-order valence-electron chi connectivity index (χ3n) is 4.23. The number of aryl methyl sites for hydroxylation is 1. The predicted octanol–water partition coefficient (Wildman–Crippen LogP) is 2.96. The first-order chi connectivity index (χ1) is 11.2. The Labute approximate surface area is 136 Å². The molecule has 1 atom stereocenters. The summed E-state index contributed by atoms with van der Waals surface area (Å²) in [5.41, 5.74) is 0. The summed E-state index contributed by atoms with van der Waals surface area (Å²) >= 11 is 0. The highest BCUT2D eigenvalue weighted by atomic mass is 16.3. The van der Waals surface area contributed by atoms with Crippen LogP contribution >= 0.6 is 0 Å². The molecule has 0 saturated heterocycles. The van der Waals surface area contributed by atoms with Crippen LogP contribution in [0.5, 0.6) is 0 Å². The predicted molar refractivity (Wildman–Crippen MR) is 88.8 cm³/mol. The van der Waals surface area contributed by atoms with E-state index < -0.39 is 0 Å². The van der Waals surface area contributed by atoms with Crippen molar-refractivity contribution in [1.29, 1.82) is 0 Å². The van der Waals surface area contributed by atoms with Gasteiger partial charge >= 0.3 is 0 Å². The van der Waals surface area contributed by atoms with Crippen molar-refractivity contribution in [1.82, 2.24) is 24.0 Å². The molecule has 0 fully saturated rings. The van der Waals surface area contributed by atoms with Crippen LogP contribution in [0.2, 0.25) is 0 Å². The van der Waals surface area contributed by atoms with Gasteiger partial charge < -0.3 is 13.6 Å². The number of aromatic nitrogens is 4. The van der Waals surface area contributed by atoms with Crippen LogP contribution in [-0.4, -0.2) is 37.1 Å². The Morgan fingerprint density at radius 3 is 2.48 bits per heavy atom. The molecule has 3 aromatic heterocycles. The summed E-state index contributed by atoms with van der Waals surface area (Å²) in [6.07, 6.45) is 9.29. The van der Waals surface area contributed by atoms with Gasteiger partial charge in [0.1, 0.15) is 5.76 Å². The SMILES string of the molecule is CCN(CC)[C@H](Cn1ccnc1-c1nccn1C)c1ccco1. The van der Waals surface area contributed by atoms with Crippen LogP contribution in [0.4, 0.5) is 0 Å². The van der Waals surface area contributed by atoms with Gasteiger partial charge in [0, 0.05) is 38.4 Å². The summed E-state index contributed by atoms with van der Waals surface area (Å²) in [6.45, 7) is 7.06. The molecule has 0 saturated carbocycles. The second-order valence-electron chi connectivity index (χ2n) is 5.52. The Hall–Kier alpha value is -2.34. The summed E-state index contributed by atoms with van der Waals surface area (Å²) in [7, 11) is 1.98. The number of imidazole rings is 2. The third-order valence-corrected chi connectivity index (χ3v) is 4.23. The Morgan fingerprint density at radius 2 is 1.87 bits per heavy atom. The average Bonchev–Trinajstić information content (AvgIpc) is 3.28. The van der Waals surface area contributed by atoms with Crippen molar-refractivity contribution in [3.8, 4) is 11.6 Å². The molecule has 0 aliphatic rings. The molecule has 0 radical (unpaired) electrons. The molecule has 122 valence electrons. The molecule has 0 aliphatic heterocycles. The van der Waals surface area contributed by atoms with Crippen LogP contribution in [0.1, 0.15) is 25.6 Å². The highest BCUT2D eigenvalue weighted by Crippen LogP contribution is 2.25. The lowest BCUT2D eigenvalue weighted by molar-refractivity contribution is 0.174. The standard InChI is InChI=1S/C17H23N5O/c1-4-21(5-2)14(15-7-6-12-23-15)13-22-11-9-19-17(22)16-18-8-10-20(16)3/h6-12,14H,4-5,13H2,1-3H3/t14-/m1/s1.